The monoisotopic (exact) mass is 620 g/mol. The summed E-state index contributed by atoms with van der Waals surface area (Å²) in [5.41, 5.74) is 6.81. The number of anilines is 1. The maximum absolute atomic E-state index is 14.5. The van der Waals surface area contributed by atoms with Gasteiger partial charge in [-0.1, -0.05) is 61.0 Å². The zero-order valence-corrected chi connectivity index (χ0v) is 27.9. The molecular weight excluding hydrogens is 575 g/mol. The van der Waals surface area contributed by atoms with E-state index >= 15 is 0 Å². The molecule has 0 aliphatic heterocycles. The highest BCUT2D eigenvalue weighted by Gasteiger charge is 2.21. The summed E-state index contributed by atoms with van der Waals surface area (Å²) >= 11 is 1.25. The minimum atomic E-state index is -0.481. The minimum absolute atomic E-state index is 0.217. The number of nitrogens with one attached hydrogen (secondary N) is 1. The lowest BCUT2D eigenvalue weighted by atomic mass is 9.88. The van der Waals surface area contributed by atoms with Gasteiger partial charge in [-0.3, -0.25) is 15.1 Å². The Morgan fingerprint density at radius 3 is 2.61 bits per heavy atom. The van der Waals surface area contributed by atoms with Crippen LogP contribution in [0.25, 0.3) is 11.1 Å². The molecule has 1 aromatic carbocycles. The molecule has 0 bridgehead atoms. The second kappa shape index (κ2) is 16.4. The molecule has 0 radical (unpaired) electrons. The van der Waals surface area contributed by atoms with E-state index in [4.69, 9.17) is 4.74 Å². The molecule has 2 aromatic heterocycles. The number of ether oxygens (including phenoxy) is 1. The maximum atomic E-state index is 14.5. The molecule has 4 rings (SSSR count). The van der Waals surface area contributed by atoms with Crippen molar-refractivity contribution in [3.05, 3.63) is 87.0 Å². The molecular formula is C35H45FN4O3S. The van der Waals surface area contributed by atoms with Crippen molar-refractivity contribution in [2.75, 3.05) is 12.4 Å². The molecule has 0 spiro atoms. The Morgan fingerprint density at radius 1 is 1.25 bits per heavy atom. The summed E-state index contributed by atoms with van der Waals surface area (Å²) in [6.45, 7) is 14.6. The molecule has 236 valence electrons. The molecule has 3 aromatic rings. The molecule has 2 unspecified atom stereocenters. The number of methoxy groups -OCH3 is 1. The fraction of sp³-hybridized carbons (Fsp3) is 0.429. The molecule has 44 heavy (non-hydrogen) atoms. The number of rotatable bonds is 9. The van der Waals surface area contributed by atoms with Gasteiger partial charge in [-0.15, -0.1) is 10.2 Å². The number of carbonyl (C=O) groups is 1. The third-order valence-corrected chi connectivity index (χ3v) is 8.50. The van der Waals surface area contributed by atoms with Crippen LogP contribution in [0.3, 0.4) is 0 Å². The van der Waals surface area contributed by atoms with Crippen LogP contribution in [-0.4, -0.2) is 39.4 Å². The molecule has 1 aliphatic carbocycles. The second-order valence-electron chi connectivity index (χ2n) is 11.5. The van der Waals surface area contributed by atoms with E-state index in [9.17, 15) is 14.3 Å². The summed E-state index contributed by atoms with van der Waals surface area (Å²) in [6, 6.07) is 6.17. The molecule has 2 atom stereocenters. The minimum Gasteiger partial charge on any atom is -0.496 e. The Kier molecular flexibility index (Phi) is 13.0. The number of allylic oxidation sites excluding steroid dienone is 4. The van der Waals surface area contributed by atoms with Crippen LogP contribution in [0, 0.1) is 25.6 Å². The van der Waals surface area contributed by atoms with E-state index in [0.717, 1.165) is 42.2 Å². The van der Waals surface area contributed by atoms with Gasteiger partial charge in [0.2, 0.25) is 5.13 Å². The number of hydrogen-bond acceptors (Lipinski definition) is 7. The molecule has 9 heteroatoms. The Balaban J connectivity index is 0.000000251. The van der Waals surface area contributed by atoms with E-state index in [1.165, 1.54) is 53.8 Å². The predicted molar refractivity (Wildman–Crippen MR) is 178 cm³/mol. The zero-order chi connectivity index (χ0) is 32.4. The first kappa shape index (κ1) is 34.8. The highest BCUT2D eigenvalue weighted by Crippen LogP contribution is 2.35. The second-order valence-corrected chi connectivity index (χ2v) is 12.7. The fourth-order valence-electron chi connectivity index (χ4n) is 4.94. The quantitative estimate of drug-likeness (QED) is 0.232. The van der Waals surface area contributed by atoms with Gasteiger partial charge in [-0.25, -0.2) is 4.39 Å². The maximum Gasteiger partial charge on any atom is 0.259 e. The van der Waals surface area contributed by atoms with Crippen LogP contribution in [0.2, 0.25) is 0 Å². The molecule has 1 aliphatic rings. The van der Waals surface area contributed by atoms with Gasteiger partial charge in [0.05, 0.1) is 24.3 Å². The van der Waals surface area contributed by atoms with Gasteiger partial charge in [0, 0.05) is 17.5 Å². The van der Waals surface area contributed by atoms with E-state index in [0.29, 0.717) is 22.1 Å². The van der Waals surface area contributed by atoms with Crippen molar-refractivity contribution in [2.24, 2.45) is 5.92 Å². The van der Waals surface area contributed by atoms with Gasteiger partial charge in [0.25, 0.3) is 5.91 Å². The lowest BCUT2D eigenvalue weighted by Crippen LogP contribution is -2.15. The van der Waals surface area contributed by atoms with Crippen LogP contribution in [0.1, 0.15) is 87.8 Å². The number of carbonyl (C=O) groups excluding carboxylic acids is 1. The largest absolute Gasteiger partial charge is 0.496 e. The molecule has 0 saturated heterocycles. The number of aliphatic hydroxyl groups excluding tert-OH is 1. The smallest absolute Gasteiger partial charge is 0.259 e. The van der Waals surface area contributed by atoms with Crippen molar-refractivity contribution in [2.45, 2.75) is 86.7 Å². The average molecular weight is 621 g/mol. The number of nitrogens with zero attached hydrogens (tertiary/aromatic N) is 3. The summed E-state index contributed by atoms with van der Waals surface area (Å²) in [7, 11) is 1.45. The average Bonchev–Trinajstić information content (AvgIpc) is 3.40. The third-order valence-electron chi connectivity index (χ3n) is 7.75. The van der Waals surface area contributed by atoms with E-state index in [2.05, 4.69) is 67.3 Å². The van der Waals surface area contributed by atoms with Crippen molar-refractivity contribution < 1.29 is 19.0 Å². The van der Waals surface area contributed by atoms with Gasteiger partial charge in [-0.2, -0.15) is 0 Å². The van der Waals surface area contributed by atoms with Gasteiger partial charge < -0.3 is 9.84 Å². The Hall–Kier alpha value is -3.69. The highest BCUT2D eigenvalue weighted by molar-refractivity contribution is 7.15. The number of halogens is 1. The number of aryl methyl sites for hydroxylation is 2. The summed E-state index contributed by atoms with van der Waals surface area (Å²) in [6.07, 6.45) is 11.1. The van der Waals surface area contributed by atoms with Crippen molar-refractivity contribution >= 4 is 22.4 Å². The van der Waals surface area contributed by atoms with Crippen molar-refractivity contribution in [1.29, 1.82) is 0 Å². The van der Waals surface area contributed by atoms with Crippen LogP contribution in [0.5, 0.6) is 5.75 Å². The van der Waals surface area contributed by atoms with Gasteiger partial charge in [-0.05, 0) is 95.6 Å². The number of pyridine rings is 1. The predicted octanol–water partition coefficient (Wildman–Crippen LogP) is 8.79. The van der Waals surface area contributed by atoms with Gasteiger partial charge in [0.15, 0.2) is 0 Å². The Labute approximate surface area is 265 Å². The summed E-state index contributed by atoms with van der Waals surface area (Å²) in [4.78, 5) is 16.8. The third kappa shape index (κ3) is 9.40. The molecule has 0 saturated carbocycles. The lowest BCUT2D eigenvalue weighted by Gasteiger charge is -2.21. The van der Waals surface area contributed by atoms with Crippen molar-refractivity contribution in [3.63, 3.8) is 0 Å². The van der Waals surface area contributed by atoms with Crippen LogP contribution in [0.15, 0.2) is 64.9 Å². The number of benzene rings is 1. The molecule has 7 nitrogen and oxygen atoms in total. The van der Waals surface area contributed by atoms with E-state index < -0.39 is 11.7 Å². The van der Waals surface area contributed by atoms with Gasteiger partial charge in [0.1, 0.15) is 16.6 Å². The SMILES string of the molecule is CCC(C)CC(/C=C\C1=C(C)CCCC1O)=C(C)C.COc1cccc(F)c1-c1cc(C)ncc1C(=O)Nc1nnc(C)s1. The molecule has 0 fully saturated rings. The van der Waals surface area contributed by atoms with E-state index in [1.807, 2.05) is 0 Å². The van der Waals surface area contributed by atoms with E-state index in [1.54, 1.807) is 32.0 Å². The Morgan fingerprint density at radius 2 is 2.00 bits per heavy atom. The molecule has 2 heterocycles. The topological polar surface area (TPSA) is 97.2 Å². The number of aliphatic hydroxyl groups is 1. The first-order chi connectivity index (χ1) is 20.9. The van der Waals surface area contributed by atoms with Crippen LogP contribution in [0.4, 0.5) is 9.52 Å². The summed E-state index contributed by atoms with van der Waals surface area (Å²) in [5, 5.41) is 21.6. The van der Waals surface area contributed by atoms with Crippen LogP contribution in [-0.2, 0) is 0 Å². The summed E-state index contributed by atoms with van der Waals surface area (Å²) in [5.74, 6) is 0.141. The first-order valence-electron chi connectivity index (χ1n) is 15.1. The van der Waals surface area contributed by atoms with E-state index in [-0.39, 0.29) is 17.2 Å². The standard InChI is InChI=1S/C18H30O.C17H15FN4O2S/c1-6-14(4)12-16(13(2)3)10-11-17-15(5)8-7-9-18(17)19;1-9-7-11(15-13(18)5-4-6-14(15)24-3)12(8-19-9)16(23)20-17-22-21-10(2)25-17/h10-11,14,18-19H,6-9,12H2,1-5H3;4-8H,1-3H3,(H,20,22,23)/b11-10-;. The summed E-state index contributed by atoms with van der Waals surface area (Å²) < 4.78 is 19.7. The van der Waals surface area contributed by atoms with Gasteiger partial charge >= 0.3 is 0 Å². The lowest BCUT2D eigenvalue weighted by molar-refractivity contribution is 0.102. The number of amides is 1. The normalized spacial score (nSPS) is 15.5. The molecule has 2 N–H and O–H groups in total. The molecule has 1 amide bonds. The van der Waals surface area contributed by atoms with Crippen LogP contribution < -0.4 is 10.1 Å². The fourth-order valence-corrected chi connectivity index (χ4v) is 5.53. The van der Waals surface area contributed by atoms with Crippen molar-refractivity contribution in [3.8, 4) is 16.9 Å². The highest BCUT2D eigenvalue weighted by atomic mass is 32.1. The zero-order valence-electron chi connectivity index (χ0n) is 27.1. The number of hydrogen-bond donors (Lipinski definition) is 2. The van der Waals surface area contributed by atoms with Crippen LogP contribution >= 0.6 is 11.3 Å². The first-order valence-corrected chi connectivity index (χ1v) is 15.9. The van der Waals surface area contributed by atoms with Crippen molar-refractivity contribution in [1.82, 2.24) is 15.2 Å². The Bertz CT molecular complexity index is 1540. The number of aromatic nitrogens is 3.